The predicted octanol–water partition coefficient (Wildman–Crippen LogP) is 4.53. The Morgan fingerprint density at radius 1 is 0.923 bits per heavy atom. The minimum atomic E-state index is -4.08. The van der Waals surface area contributed by atoms with Gasteiger partial charge in [0.15, 0.2) is 0 Å². The third kappa shape index (κ3) is 7.83. The van der Waals surface area contributed by atoms with Gasteiger partial charge in [0.2, 0.25) is 11.8 Å². The Morgan fingerprint density at radius 3 is 2.05 bits per heavy atom. The molecule has 0 bridgehead atoms. The van der Waals surface area contributed by atoms with E-state index in [-0.39, 0.29) is 17.3 Å². The first-order chi connectivity index (χ1) is 18.3. The molecule has 1 atom stereocenters. The van der Waals surface area contributed by atoms with Crippen molar-refractivity contribution in [2.45, 2.75) is 57.6 Å². The fourth-order valence-corrected chi connectivity index (χ4v) is 5.38. The standard InChI is InChI=1S/C30H37N3O5S/c1-22-12-16-25(17-13-22)33(39(36,37)27-10-8-7-9-11-27)21-28(34)32(23(2)29(35)31-30(3,4)5)20-24-14-18-26(38-6)19-15-24/h7-19,23H,20-21H2,1-6H3,(H,31,35)/t23-/m0/s1. The summed E-state index contributed by atoms with van der Waals surface area (Å²) in [7, 11) is -2.52. The molecule has 3 rings (SSSR count). The van der Waals surface area contributed by atoms with Crippen LogP contribution >= 0.6 is 0 Å². The van der Waals surface area contributed by atoms with Crippen LogP contribution in [-0.4, -0.2) is 50.4 Å². The zero-order valence-electron chi connectivity index (χ0n) is 23.3. The summed E-state index contributed by atoms with van der Waals surface area (Å²) in [6, 6.07) is 21.2. The zero-order valence-corrected chi connectivity index (χ0v) is 24.2. The Kier molecular flexibility index (Phi) is 9.40. The Balaban J connectivity index is 2.01. The average molecular weight is 552 g/mol. The zero-order chi connectivity index (χ0) is 28.8. The van der Waals surface area contributed by atoms with E-state index >= 15 is 0 Å². The van der Waals surface area contributed by atoms with Gasteiger partial charge in [0.05, 0.1) is 17.7 Å². The number of aryl methyl sites for hydroxylation is 1. The number of methoxy groups -OCH3 is 1. The lowest BCUT2D eigenvalue weighted by Crippen LogP contribution is -2.54. The molecule has 0 aliphatic rings. The van der Waals surface area contributed by atoms with E-state index in [0.29, 0.717) is 11.4 Å². The Morgan fingerprint density at radius 2 is 1.51 bits per heavy atom. The number of ether oxygens (including phenoxy) is 1. The van der Waals surface area contributed by atoms with Gasteiger partial charge in [-0.25, -0.2) is 8.42 Å². The van der Waals surface area contributed by atoms with Gasteiger partial charge in [-0.2, -0.15) is 0 Å². The average Bonchev–Trinajstić information content (AvgIpc) is 2.90. The van der Waals surface area contributed by atoms with Crippen LogP contribution in [0.25, 0.3) is 0 Å². The molecule has 0 saturated heterocycles. The molecule has 0 aliphatic heterocycles. The number of sulfonamides is 1. The first kappa shape index (κ1) is 29.7. The predicted molar refractivity (Wildman–Crippen MR) is 153 cm³/mol. The van der Waals surface area contributed by atoms with Gasteiger partial charge in [-0.1, -0.05) is 48.0 Å². The highest BCUT2D eigenvalue weighted by atomic mass is 32.2. The number of amides is 2. The molecular formula is C30H37N3O5S. The molecule has 208 valence electrons. The quantitative estimate of drug-likeness (QED) is 0.399. The molecule has 8 nitrogen and oxygen atoms in total. The minimum Gasteiger partial charge on any atom is -0.497 e. The summed E-state index contributed by atoms with van der Waals surface area (Å²) in [6.45, 7) is 8.75. The van der Waals surface area contributed by atoms with Gasteiger partial charge < -0.3 is 15.0 Å². The summed E-state index contributed by atoms with van der Waals surface area (Å²) in [4.78, 5) is 28.6. The summed E-state index contributed by atoms with van der Waals surface area (Å²) in [6.07, 6.45) is 0. The molecule has 1 N–H and O–H groups in total. The highest BCUT2D eigenvalue weighted by Crippen LogP contribution is 2.25. The van der Waals surface area contributed by atoms with Crippen molar-refractivity contribution in [2.75, 3.05) is 18.0 Å². The van der Waals surface area contributed by atoms with Gasteiger partial charge in [0, 0.05) is 12.1 Å². The lowest BCUT2D eigenvalue weighted by molar-refractivity contribution is -0.140. The molecule has 2 amide bonds. The fourth-order valence-electron chi connectivity index (χ4n) is 3.94. The van der Waals surface area contributed by atoms with Crippen LogP contribution in [0.2, 0.25) is 0 Å². The van der Waals surface area contributed by atoms with Gasteiger partial charge in [-0.3, -0.25) is 13.9 Å². The van der Waals surface area contributed by atoms with Gasteiger partial charge >= 0.3 is 0 Å². The largest absolute Gasteiger partial charge is 0.497 e. The molecule has 0 aromatic heterocycles. The van der Waals surface area contributed by atoms with E-state index in [2.05, 4.69) is 5.32 Å². The number of benzene rings is 3. The second-order valence-electron chi connectivity index (χ2n) is 10.4. The molecule has 0 spiro atoms. The third-order valence-electron chi connectivity index (χ3n) is 6.11. The monoisotopic (exact) mass is 551 g/mol. The maximum absolute atomic E-state index is 13.9. The van der Waals surface area contributed by atoms with Crippen LogP contribution in [0.1, 0.15) is 38.8 Å². The van der Waals surface area contributed by atoms with Crippen LogP contribution in [-0.2, 0) is 26.2 Å². The third-order valence-corrected chi connectivity index (χ3v) is 7.90. The number of nitrogens with zero attached hydrogens (tertiary/aromatic N) is 2. The summed E-state index contributed by atoms with van der Waals surface area (Å²) < 4.78 is 33.8. The summed E-state index contributed by atoms with van der Waals surface area (Å²) in [5, 5.41) is 2.92. The van der Waals surface area contributed by atoms with Gasteiger partial charge in [-0.15, -0.1) is 0 Å². The van der Waals surface area contributed by atoms with Crippen molar-refractivity contribution in [1.82, 2.24) is 10.2 Å². The molecule has 0 radical (unpaired) electrons. The van der Waals surface area contributed by atoms with Crippen molar-refractivity contribution in [3.05, 3.63) is 90.0 Å². The second kappa shape index (κ2) is 12.3. The number of hydrogen-bond acceptors (Lipinski definition) is 5. The van der Waals surface area contributed by atoms with Crippen molar-refractivity contribution >= 4 is 27.5 Å². The normalized spacial score (nSPS) is 12.4. The van der Waals surface area contributed by atoms with E-state index < -0.39 is 34.1 Å². The second-order valence-corrected chi connectivity index (χ2v) is 12.3. The van der Waals surface area contributed by atoms with Crippen LogP contribution < -0.4 is 14.4 Å². The van der Waals surface area contributed by atoms with Crippen molar-refractivity contribution in [3.63, 3.8) is 0 Å². The summed E-state index contributed by atoms with van der Waals surface area (Å²) in [5.74, 6) is -0.186. The molecule has 0 unspecified atom stereocenters. The lowest BCUT2D eigenvalue weighted by Gasteiger charge is -2.33. The van der Waals surface area contributed by atoms with E-state index in [1.165, 1.54) is 17.0 Å². The van der Waals surface area contributed by atoms with E-state index in [0.717, 1.165) is 15.4 Å². The van der Waals surface area contributed by atoms with Crippen LogP contribution in [0.3, 0.4) is 0 Å². The van der Waals surface area contributed by atoms with Gasteiger partial charge in [0.1, 0.15) is 18.3 Å². The SMILES string of the molecule is COc1ccc(CN(C(=O)CN(c2ccc(C)cc2)S(=O)(=O)c2ccccc2)[C@@H](C)C(=O)NC(C)(C)C)cc1. The summed E-state index contributed by atoms with van der Waals surface area (Å²) >= 11 is 0. The molecule has 3 aromatic carbocycles. The molecule has 0 saturated carbocycles. The van der Waals surface area contributed by atoms with Gasteiger partial charge in [-0.05, 0) is 76.6 Å². The first-order valence-corrected chi connectivity index (χ1v) is 14.1. The number of anilines is 1. The molecule has 0 fully saturated rings. The van der Waals surface area contributed by atoms with E-state index in [9.17, 15) is 18.0 Å². The first-order valence-electron chi connectivity index (χ1n) is 12.7. The lowest BCUT2D eigenvalue weighted by atomic mass is 10.1. The molecule has 39 heavy (non-hydrogen) atoms. The highest BCUT2D eigenvalue weighted by Gasteiger charge is 2.33. The van der Waals surface area contributed by atoms with Crippen LogP contribution in [0.15, 0.2) is 83.8 Å². The molecule has 3 aromatic rings. The smallest absolute Gasteiger partial charge is 0.264 e. The van der Waals surface area contributed by atoms with Crippen LogP contribution in [0.5, 0.6) is 5.75 Å². The topological polar surface area (TPSA) is 96.0 Å². The van der Waals surface area contributed by atoms with Crippen molar-refractivity contribution < 1.29 is 22.7 Å². The molecule has 0 heterocycles. The summed E-state index contributed by atoms with van der Waals surface area (Å²) in [5.41, 5.74) is 1.57. The number of nitrogens with one attached hydrogen (secondary N) is 1. The molecule has 0 aliphatic carbocycles. The van der Waals surface area contributed by atoms with Crippen LogP contribution in [0.4, 0.5) is 5.69 Å². The Labute approximate surface area is 231 Å². The maximum atomic E-state index is 13.9. The van der Waals surface area contributed by atoms with E-state index in [1.54, 1.807) is 68.6 Å². The van der Waals surface area contributed by atoms with Crippen molar-refractivity contribution in [1.29, 1.82) is 0 Å². The Bertz CT molecular complexity index is 1370. The van der Waals surface area contributed by atoms with E-state index in [4.69, 9.17) is 4.74 Å². The number of hydrogen-bond donors (Lipinski definition) is 1. The van der Waals surface area contributed by atoms with Crippen molar-refractivity contribution in [3.8, 4) is 5.75 Å². The van der Waals surface area contributed by atoms with Crippen molar-refractivity contribution in [2.24, 2.45) is 0 Å². The minimum absolute atomic E-state index is 0.0682. The van der Waals surface area contributed by atoms with E-state index in [1.807, 2.05) is 39.8 Å². The fraction of sp³-hybridized carbons (Fsp3) is 0.333. The molecular weight excluding hydrogens is 514 g/mol. The number of carbonyl (C=O) groups is 2. The number of carbonyl (C=O) groups excluding carboxylic acids is 2. The number of rotatable bonds is 10. The van der Waals surface area contributed by atoms with Crippen LogP contribution in [0, 0.1) is 6.92 Å². The van der Waals surface area contributed by atoms with Gasteiger partial charge in [0.25, 0.3) is 10.0 Å². The molecule has 9 heteroatoms. The highest BCUT2D eigenvalue weighted by molar-refractivity contribution is 7.92. The maximum Gasteiger partial charge on any atom is 0.264 e. The Hall–Kier alpha value is -3.85.